The number of aryl methyl sites for hydroxylation is 1. The van der Waals surface area contributed by atoms with Gasteiger partial charge in [-0.3, -0.25) is 4.79 Å². The van der Waals surface area contributed by atoms with Crippen molar-refractivity contribution in [1.29, 1.82) is 0 Å². The molecular formula is C12H16N2O5S. The van der Waals surface area contributed by atoms with E-state index in [4.69, 9.17) is 5.11 Å². The Morgan fingerprint density at radius 3 is 2.50 bits per heavy atom. The number of hydrogen-bond acceptors (Lipinski definition) is 4. The van der Waals surface area contributed by atoms with Crippen LogP contribution in [0.4, 0.5) is 0 Å². The zero-order valence-corrected chi connectivity index (χ0v) is 12.0. The first-order valence-corrected chi connectivity index (χ1v) is 7.36. The predicted octanol–water partition coefficient (Wildman–Crippen LogP) is 0.108. The molecule has 7 nitrogen and oxygen atoms in total. The van der Waals surface area contributed by atoms with Crippen molar-refractivity contribution in [2.75, 3.05) is 13.1 Å². The molecule has 110 valence electrons. The van der Waals surface area contributed by atoms with Gasteiger partial charge in [0.1, 0.15) is 0 Å². The summed E-state index contributed by atoms with van der Waals surface area (Å²) in [5.74, 6) is -1.67. The van der Waals surface area contributed by atoms with Crippen molar-refractivity contribution in [3.05, 3.63) is 29.3 Å². The van der Waals surface area contributed by atoms with Gasteiger partial charge in [0.15, 0.2) is 0 Å². The number of amides is 1. The monoisotopic (exact) mass is 300 g/mol. The molecule has 0 saturated heterocycles. The molecule has 0 aliphatic carbocycles. The lowest BCUT2D eigenvalue weighted by Crippen LogP contribution is -2.37. The number of nitrogens with one attached hydrogen (secondary N) is 2. The molecule has 0 atom stereocenters. The number of likely N-dealkylation sites (N-methyl/N-ethyl adjacent to an activating group) is 1. The van der Waals surface area contributed by atoms with Gasteiger partial charge in [0.2, 0.25) is 15.9 Å². The van der Waals surface area contributed by atoms with Crippen LogP contribution in [0.25, 0.3) is 0 Å². The SMILES string of the molecule is CCNC(=O)CNS(=O)(=O)c1cc(C(=O)O)ccc1C. The highest BCUT2D eigenvalue weighted by atomic mass is 32.2. The second-order valence-electron chi connectivity index (χ2n) is 4.06. The quantitative estimate of drug-likeness (QED) is 0.690. The summed E-state index contributed by atoms with van der Waals surface area (Å²) in [6, 6.07) is 3.79. The Morgan fingerprint density at radius 2 is 1.95 bits per heavy atom. The van der Waals surface area contributed by atoms with Crippen molar-refractivity contribution < 1.29 is 23.1 Å². The summed E-state index contributed by atoms with van der Waals surface area (Å²) in [5.41, 5.74) is 0.271. The van der Waals surface area contributed by atoms with E-state index in [1.54, 1.807) is 13.8 Å². The van der Waals surface area contributed by atoms with Gasteiger partial charge in [-0.1, -0.05) is 6.07 Å². The number of carbonyl (C=O) groups excluding carboxylic acids is 1. The fraction of sp³-hybridized carbons (Fsp3) is 0.333. The standard InChI is InChI=1S/C12H16N2O5S/c1-3-13-11(15)7-14-20(18,19)10-6-9(12(16)17)5-4-8(10)2/h4-6,14H,3,7H2,1-2H3,(H,13,15)(H,16,17). The minimum atomic E-state index is -3.93. The molecular weight excluding hydrogens is 284 g/mol. The lowest BCUT2D eigenvalue weighted by atomic mass is 10.1. The Balaban J connectivity index is 3.00. The highest BCUT2D eigenvalue weighted by molar-refractivity contribution is 7.89. The summed E-state index contributed by atoms with van der Waals surface area (Å²) in [6.45, 7) is 3.26. The van der Waals surface area contributed by atoms with Crippen LogP contribution in [0.15, 0.2) is 23.1 Å². The van der Waals surface area contributed by atoms with Gasteiger partial charge in [-0.25, -0.2) is 17.9 Å². The van der Waals surface area contributed by atoms with E-state index in [0.717, 1.165) is 6.07 Å². The third-order valence-corrected chi connectivity index (χ3v) is 4.06. The largest absolute Gasteiger partial charge is 0.478 e. The molecule has 0 saturated carbocycles. The maximum Gasteiger partial charge on any atom is 0.335 e. The highest BCUT2D eigenvalue weighted by Gasteiger charge is 2.19. The minimum absolute atomic E-state index is 0.131. The lowest BCUT2D eigenvalue weighted by molar-refractivity contribution is -0.119. The summed E-state index contributed by atoms with van der Waals surface area (Å²) in [7, 11) is -3.93. The number of hydrogen-bond donors (Lipinski definition) is 3. The average molecular weight is 300 g/mol. The second-order valence-corrected chi connectivity index (χ2v) is 5.80. The molecule has 8 heteroatoms. The normalized spacial score (nSPS) is 11.1. The molecule has 1 amide bonds. The summed E-state index contributed by atoms with van der Waals surface area (Å²) in [6.07, 6.45) is 0. The van der Waals surface area contributed by atoms with E-state index >= 15 is 0 Å². The van der Waals surface area contributed by atoms with Crippen molar-refractivity contribution in [3.63, 3.8) is 0 Å². The number of rotatable bonds is 6. The molecule has 0 aliphatic heterocycles. The minimum Gasteiger partial charge on any atom is -0.478 e. The van der Waals surface area contributed by atoms with E-state index < -0.39 is 28.4 Å². The van der Waals surface area contributed by atoms with Crippen LogP contribution in [-0.4, -0.2) is 38.5 Å². The number of carbonyl (C=O) groups is 2. The zero-order chi connectivity index (χ0) is 15.3. The molecule has 3 N–H and O–H groups in total. The van der Waals surface area contributed by atoms with Crippen LogP contribution < -0.4 is 10.0 Å². The Labute approximate surface area is 117 Å². The number of benzene rings is 1. The van der Waals surface area contributed by atoms with Crippen LogP contribution in [0.3, 0.4) is 0 Å². The second kappa shape index (κ2) is 6.49. The smallest absolute Gasteiger partial charge is 0.335 e. The summed E-state index contributed by atoms with van der Waals surface area (Å²) in [5, 5.41) is 11.3. The maximum atomic E-state index is 12.1. The average Bonchev–Trinajstić information content (AvgIpc) is 2.37. The Bertz CT molecular complexity index is 625. The lowest BCUT2D eigenvalue weighted by Gasteiger charge is -2.10. The van der Waals surface area contributed by atoms with Crippen molar-refractivity contribution in [3.8, 4) is 0 Å². The molecule has 0 unspecified atom stereocenters. The van der Waals surface area contributed by atoms with Crippen molar-refractivity contribution in [2.45, 2.75) is 18.7 Å². The van der Waals surface area contributed by atoms with Crippen LogP contribution in [0.5, 0.6) is 0 Å². The first kappa shape index (κ1) is 16.1. The van der Waals surface area contributed by atoms with E-state index in [2.05, 4.69) is 10.0 Å². The fourth-order valence-corrected chi connectivity index (χ4v) is 2.77. The molecule has 20 heavy (non-hydrogen) atoms. The number of carboxylic acid groups (broad SMARTS) is 1. The van der Waals surface area contributed by atoms with E-state index in [1.165, 1.54) is 12.1 Å². The van der Waals surface area contributed by atoms with E-state index in [9.17, 15) is 18.0 Å². The number of sulfonamides is 1. The van der Waals surface area contributed by atoms with Gasteiger partial charge in [0.25, 0.3) is 0 Å². The zero-order valence-electron chi connectivity index (χ0n) is 11.1. The van der Waals surface area contributed by atoms with Gasteiger partial charge in [-0.2, -0.15) is 0 Å². The van der Waals surface area contributed by atoms with Crippen molar-refractivity contribution in [1.82, 2.24) is 10.0 Å². The molecule has 1 rings (SSSR count). The number of aromatic carboxylic acids is 1. The van der Waals surface area contributed by atoms with Gasteiger partial charge >= 0.3 is 5.97 Å². The van der Waals surface area contributed by atoms with Gasteiger partial charge < -0.3 is 10.4 Å². The molecule has 0 heterocycles. The molecule has 0 spiro atoms. The molecule has 0 radical (unpaired) electrons. The first-order valence-electron chi connectivity index (χ1n) is 5.88. The molecule has 1 aromatic rings. The van der Waals surface area contributed by atoms with Crippen LogP contribution >= 0.6 is 0 Å². The van der Waals surface area contributed by atoms with Crippen molar-refractivity contribution in [2.24, 2.45) is 0 Å². The Hall–Kier alpha value is -1.93. The predicted molar refractivity (Wildman–Crippen MR) is 72.0 cm³/mol. The van der Waals surface area contributed by atoms with Gasteiger partial charge in [0, 0.05) is 6.54 Å². The van der Waals surface area contributed by atoms with Gasteiger partial charge in [-0.15, -0.1) is 0 Å². The highest BCUT2D eigenvalue weighted by Crippen LogP contribution is 2.16. The van der Waals surface area contributed by atoms with Crippen molar-refractivity contribution >= 4 is 21.9 Å². The van der Waals surface area contributed by atoms with Crippen LogP contribution in [-0.2, 0) is 14.8 Å². The Kier molecular flexibility index (Phi) is 5.23. The molecule has 0 bridgehead atoms. The Morgan fingerprint density at radius 1 is 1.30 bits per heavy atom. The van der Waals surface area contributed by atoms with Gasteiger partial charge in [-0.05, 0) is 31.5 Å². The summed E-state index contributed by atoms with van der Waals surface area (Å²) >= 11 is 0. The molecule has 0 aliphatic rings. The van der Waals surface area contributed by atoms with Gasteiger partial charge in [0.05, 0.1) is 17.0 Å². The van der Waals surface area contributed by atoms with Crippen LogP contribution in [0, 0.1) is 6.92 Å². The summed E-state index contributed by atoms with van der Waals surface area (Å²) in [4.78, 5) is 22.0. The molecule has 1 aromatic carbocycles. The van der Waals surface area contributed by atoms with E-state index in [-0.39, 0.29) is 10.5 Å². The van der Waals surface area contributed by atoms with Crippen LogP contribution in [0.2, 0.25) is 0 Å². The topological polar surface area (TPSA) is 113 Å². The maximum absolute atomic E-state index is 12.1. The molecule has 0 aromatic heterocycles. The fourth-order valence-electron chi connectivity index (χ4n) is 1.52. The number of carboxylic acids is 1. The summed E-state index contributed by atoms with van der Waals surface area (Å²) < 4.78 is 26.2. The van der Waals surface area contributed by atoms with E-state index in [1.807, 2.05) is 0 Å². The van der Waals surface area contributed by atoms with Crippen LogP contribution in [0.1, 0.15) is 22.8 Å². The first-order chi connectivity index (χ1) is 9.27. The van der Waals surface area contributed by atoms with E-state index in [0.29, 0.717) is 12.1 Å². The third-order valence-electron chi connectivity index (χ3n) is 2.52. The third kappa shape index (κ3) is 4.04. The molecule has 0 fully saturated rings.